The van der Waals surface area contributed by atoms with Crippen LogP contribution in [-0.4, -0.2) is 30.1 Å². The number of ether oxygens (including phenoxy) is 1. The summed E-state index contributed by atoms with van der Waals surface area (Å²) in [6.07, 6.45) is 0. The van der Waals surface area contributed by atoms with Gasteiger partial charge in [-0.2, -0.15) is 0 Å². The van der Waals surface area contributed by atoms with Gasteiger partial charge in [0.15, 0.2) is 0 Å². The molecule has 2 amide bonds. The van der Waals surface area contributed by atoms with Crippen LogP contribution in [0.15, 0.2) is 0 Å². The van der Waals surface area contributed by atoms with Crippen molar-refractivity contribution in [1.82, 2.24) is 5.32 Å². The first-order chi connectivity index (χ1) is 7.13. The minimum atomic E-state index is -0.643. The fourth-order valence-electron chi connectivity index (χ4n) is 1.06. The minimum absolute atomic E-state index is 0.0314. The van der Waals surface area contributed by atoms with Crippen LogP contribution in [0.2, 0.25) is 0 Å². The second-order valence-corrected chi connectivity index (χ2v) is 5.09. The summed E-state index contributed by atoms with van der Waals surface area (Å²) >= 11 is 0. The first-order valence-electron chi connectivity index (χ1n) is 5.36. The summed E-state index contributed by atoms with van der Waals surface area (Å²) in [6, 6.07) is -0.643. The van der Waals surface area contributed by atoms with Crippen LogP contribution >= 0.6 is 0 Å². The molecule has 0 aromatic carbocycles. The van der Waals surface area contributed by atoms with Crippen molar-refractivity contribution < 1.29 is 14.3 Å². The van der Waals surface area contributed by atoms with Crippen molar-refractivity contribution in [2.75, 3.05) is 6.61 Å². The second-order valence-electron chi connectivity index (χ2n) is 5.09. The zero-order valence-corrected chi connectivity index (χ0v) is 10.7. The number of primary amides is 1. The summed E-state index contributed by atoms with van der Waals surface area (Å²) in [4.78, 5) is 22.5. The van der Waals surface area contributed by atoms with E-state index in [2.05, 4.69) is 5.32 Å². The van der Waals surface area contributed by atoms with Crippen LogP contribution in [0.25, 0.3) is 0 Å². The zero-order chi connectivity index (χ0) is 12.9. The molecule has 0 spiro atoms. The SMILES string of the molecule is CC(C)C(NC(=O)COC(C)(C)C)C(N)=O. The van der Waals surface area contributed by atoms with E-state index in [1.807, 2.05) is 34.6 Å². The molecule has 1 atom stereocenters. The van der Waals surface area contributed by atoms with Gasteiger partial charge in [-0.05, 0) is 26.7 Å². The van der Waals surface area contributed by atoms with E-state index in [0.717, 1.165) is 0 Å². The Balaban J connectivity index is 4.17. The van der Waals surface area contributed by atoms with Crippen molar-refractivity contribution >= 4 is 11.8 Å². The van der Waals surface area contributed by atoms with Crippen LogP contribution in [0, 0.1) is 5.92 Å². The lowest BCUT2D eigenvalue weighted by Crippen LogP contribution is -2.49. The predicted octanol–water partition coefficient (Wildman–Crippen LogP) is 0.428. The molecule has 0 aliphatic carbocycles. The van der Waals surface area contributed by atoms with Gasteiger partial charge in [0.05, 0.1) is 5.60 Å². The summed E-state index contributed by atoms with van der Waals surface area (Å²) in [7, 11) is 0. The molecule has 0 heterocycles. The minimum Gasteiger partial charge on any atom is -0.368 e. The van der Waals surface area contributed by atoms with Gasteiger partial charge < -0.3 is 15.8 Å². The summed E-state index contributed by atoms with van der Waals surface area (Å²) in [5, 5.41) is 2.55. The van der Waals surface area contributed by atoms with Gasteiger partial charge in [-0.1, -0.05) is 13.8 Å². The third kappa shape index (κ3) is 6.40. The van der Waals surface area contributed by atoms with E-state index in [1.165, 1.54) is 0 Å². The number of hydrogen-bond acceptors (Lipinski definition) is 3. The molecule has 0 saturated heterocycles. The highest BCUT2D eigenvalue weighted by Gasteiger charge is 2.22. The van der Waals surface area contributed by atoms with E-state index in [-0.39, 0.29) is 24.0 Å². The fraction of sp³-hybridized carbons (Fsp3) is 0.818. The second kappa shape index (κ2) is 5.84. The molecule has 16 heavy (non-hydrogen) atoms. The maximum atomic E-state index is 11.5. The predicted molar refractivity (Wildman–Crippen MR) is 61.7 cm³/mol. The Morgan fingerprint density at radius 2 is 1.81 bits per heavy atom. The molecule has 5 heteroatoms. The van der Waals surface area contributed by atoms with Crippen molar-refractivity contribution in [2.24, 2.45) is 11.7 Å². The molecule has 0 aromatic heterocycles. The van der Waals surface area contributed by atoms with Crippen LogP contribution < -0.4 is 11.1 Å². The highest BCUT2D eigenvalue weighted by Crippen LogP contribution is 2.06. The molecule has 0 radical (unpaired) electrons. The topological polar surface area (TPSA) is 81.4 Å². The third-order valence-corrected chi connectivity index (χ3v) is 1.93. The highest BCUT2D eigenvalue weighted by molar-refractivity contribution is 5.87. The van der Waals surface area contributed by atoms with Crippen LogP contribution in [0.4, 0.5) is 0 Å². The van der Waals surface area contributed by atoms with Gasteiger partial charge in [0.2, 0.25) is 11.8 Å². The molecule has 0 aliphatic heterocycles. The summed E-state index contributed by atoms with van der Waals surface area (Å²) in [5.74, 6) is -0.886. The monoisotopic (exact) mass is 230 g/mol. The smallest absolute Gasteiger partial charge is 0.246 e. The van der Waals surface area contributed by atoms with Gasteiger partial charge in [0, 0.05) is 0 Å². The van der Waals surface area contributed by atoms with Crippen LogP contribution in [0.1, 0.15) is 34.6 Å². The number of nitrogens with one attached hydrogen (secondary N) is 1. The first-order valence-corrected chi connectivity index (χ1v) is 5.36. The van der Waals surface area contributed by atoms with E-state index >= 15 is 0 Å². The lowest BCUT2D eigenvalue weighted by atomic mass is 10.0. The number of amides is 2. The maximum Gasteiger partial charge on any atom is 0.246 e. The lowest BCUT2D eigenvalue weighted by Gasteiger charge is -2.22. The zero-order valence-electron chi connectivity index (χ0n) is 10.7. The van der Waals surface area contributed by atoms with Crippen molar-refractivity contribution in [1.29, 1.82) is 0 Å². The number of carbonyl (C=O) groups excluding carboxylic acids is 2. The Morgan fingerprint density at radius 1 is 1.31 bits per heavy atom. The van der Waals surface area contributed by atoms with Gasteiger partial charge in [-0.3, -0.25) is 9.59 Å². The molecule has 0 fully saturated rings. The Hall–Kier alpha value is -1.10. The van der Waals surface area contributed by atoms with Gasteiger partial charge >= 0.3 is 0 Å². The molecular weight excluding hydrogens is 208 g/mol. The van der Waals surface area contributed by atoms with E-state index in [0.29, 0.717) is 0 Å². The highest BCUT2D eigenvalue weighted by atomic mass is 16.5. The maximum absolute atomic E-state index is 11.5. The quantitative estimate of drug-likeness (QED) is 0.718. The number of nitrogens with two attached hydrogens (primary N) is 1. The number of hydrogen-bond donors (Lipinski definition) is 2. The van der Waals surface area contributed by atoms with Gasteiger partial charge in [0.25, 0.3) is 0 Å². The lowest BCUT2D eigenvalue weighted by molar-refractivity contribution is -0.134. The van der Waals surface area contributed by atoms with Gasteiger partial charge in [-0.15, -0.1) is 0 Å². The molecule has 0 bridgehead atoms. The molecule has 5 nitrogen and oxygen atoms in total. The molecule has 0 saturated carbocycles. The Labute approximate surface area is 96.7 Å². The van der Waals surface area contributed by atoms with Crippen molar-refractivity contribution in [3.05, 3.63) is 0 Å². The standard InChI is InChI=1S/C11H22N2O3/c1-7(2)9(10(12)15)13-8(14)6-16-11(3,4)5/h7,9H,6H2,1-5H3,(H2,12,15)(H,13,14). The molecule has 3 N–H and O–H groups in total. The van der Waals surface area contributed by atoms with Gasteiger partial charge in [-0.25, -0.2) is 0 Å². The average molecular weight is 230 g/mol. The Kier molecular flexibility index (Phi) is 5.44. The van der Waals surface area contributed by atoms with E-state index < -0.39 is 11.9 Å². The molecule has 0 aromatic rings. The van der Waals surface area contributed by atoms with Crippen molar-refractivity contribution in [2.45, 2.75) is 46.3 Å². The largest absolute Gasteiger partial charge is 0.368 e. The molecule has 0 aliphatic rings. The number of carbonyl (C=O) groups is 2. The van der Waals surface area contributed by atoms with Crippen LogP contribution in [-0.2, 0) is 14.3 Å². The molecule has 0 rings (SSSR count). The Bertz CT molecular complexity index is 256. The number of rotatable bonds is 5. The summed E-state index contributed by atoms with van der Waals surface area (Å²) in [5.41, 5.74) is 4.80. The Morgan fingerprint density at radius 3 is 2.12 bits per heavy atom. The van der Waals surface area contributed by atoms with E-state index in [4.69, 9.17) is 10.5 Å². The fourth-order valence-corrected chi connectivity index (χ4v) is 1.06. The van der Waals surface area contributed by atoms with Crippen molar-refractivity contribution in [3.8, 4) is 0 Å². The van der Waals surface area contributed by atoms with Crippen LogP contribution in [0.5, 0.6) is 0 Å². The summed E-state index contributed by atoms with van der Waals surface area (Å²) in [6.45, 7) is 9.14. The van der Waals surface area contributed by atoms with E-state index in [1.54, 1.807) is 0 Å². The van der Waals surface area contributed by atoms with Gasteiger partial charge in [0.1, 0.15) is 12.6 Å². The first kappa shape index (κ1) is 14.9. The van der Waals surface area contributed by atoms with E-state index in [9.17, 15) is 9.59 Å². The third-order valence-electron chi connectivity index (χ3n) is 1.93. The average Bonchev–Trinajstić information content (AvgIpc) is 2.08. The summed E-state index contributed by atoms with van der Waals surface area (Å²) < 4.78 is 5.29. The van der Waals surface area contributed by atoms with Crippen LogP contribution in [0.3, 0.4) is 0 Å². The normalized spacial score (nSPS) is 13.6. The molecular formula is C11H22N2O3. The van der Waals surface area contributed by atoms with Crippen molar-refractivity contribution in [3.63, 3.8) is 0 Å². The molecule has 94 valence electrons. The molecule has 1 unspecified atom stereocenters.